The molecule has 0 aliphatic rings. The van der Waals surface area contributed by atoms with Crippen LogP contribution in [0.2, 0.25) is 0 Å². The first-order valence-electron chi connectivity index (χ1n) is 3.98. The second kappa shape index (κ2) is 5.93. The average Bonchev–Trinajstić information content (AvgIpc) is 2.14. The molecule has 0 aromatic heterocycles. The first kappa shape index (κ1) is 15.0. The summed E-state index contributed by atoms with van der Waals surface area (Å²) < 4.78 is 64.4. The van der Waals surface area contributed by atoms with Crippen LogP contribution in [-0.2, 0) is 6.18 Å². The molecule has 0 spiro atoms. The maximum absolute atomic E-state index is 12.2. The Morgan fingerprint density at radius 3 is 2.31 bits per heavy atom. The smallest absolute Gasteiger partial charge is 0.416 e. The topological polar surface area (TPSA) is 9.23 Å². The predicted molar refractivity (Wildman–Crippen MR) is 53.3 cm³/mol. The molecule has 0 fully saturated rings. The van der Waals surface area contributed by atoms with Crippen LogP contribution in [-0.4, -0.2) is 13.0 Å². The van der Waals surface area contributed by atoms with E-state index < -0.39 is 24.8 Å². The number of benzene rings is 1. The van der Waals surface area contributed by atoms with Crippen molar-refractivity contribution in [2.24, 2.45) is 0 Å². The lowest BCUT2D eigenvalue weighted by atomic mass is 10.2. The van der Waals surface area contributed by atoms with Gasteiger partial charge >= 0.3 is 6.18 Å². The van der Waals surface area contributed by atoms with E-state index in [0.29, 0.717) is 6.07 Å². The van der Waals surface area contributed by atoms with Gasteiger partial charge in [-0.15, -0.1) is 0 Å². The third kappa shape index (κ3) is 4.69. The Morgan fingerprint density at radius 2 is 1.81 bits per heavy atom. The van der Waals surface area contributed by atoms with Crippen LogP contribution in [0.5, 0.6) is 5.75 Å². The van der Waals surface area contributed by atoms with Crippen LogP contribution in [0, 0.1) is 0 Å². The highest BCUT2D eigenvalue weighted by atomic mass is 32.1. The van der Waals surface area contributed by atoms with Crippen LogP contribution >= 0.6 is 13.5 Å². The van der Waals surface area contributed by atoms with E-state index in [1.807, 2.05) is 0 Å². The van der Waals surface area contributed by atoms with Crippen molar-refractivity contribution in [1.82, 2.24) is 0 Å². The van der Waals surface area contributed by atoms with E-state index in [9.17, 15) is 22.0 Å². The van der Waals surface area contributed by atoms with Crippen molar-refractivity contribution in [1.29, 1.82) is 0 Å². The van der Waals surface area contributed by atoms with Gasteiger partial charge in [0.25, 0.3) is 6.43 Å². The zero-order valence-electron chi connectivity index (χ0n) is 7.89. The van der Waals surface area contributed by atoms with Crippen molar-refractivity contribution in [2.75, 3.05) is 6.61 Å². The quantitative estimate of drug-likeness (QED) is 0.756. The van der Waals surface area contributed by atoms with Gasteiger partial charge in [0, 0.05) is 0 Å². The standard InChI is InChI=1S/C9H7F5O.H2S/c10-8(11)5-15-7-3-1-2-6(4-7)9(12,13)14;/h1-4,8H,5H2;1H2. The van der Waals surface area contributed by atoms with Crippen LogP contribution < -0.4 is 4.74 Å². The van der Waals surface area contributed by atoms with Crippen LogP contribution in [0.4, 0.5) is 22.0 Å². The number of ether oxygens (including phenoxy) is 1. The molecule has 0 saturated heterocycles. The molecule has 7 heteroatoms. The summed E-state index contributed by atoms with van der Waals surface area (Å²) in [5.74, 6) is -0.217. The molecule has 0 heterocycles. The number of hydrogen-bond acceptors (Lipinski definition) is 1. The van der Waals surface area contributed by atoms with Gasteiger partial charge in [0.2, 0.25) is 0 Å². The molecule has 16 heavy (non-hydrogen) atoms. The summed E-state index contributed by atoms with van der Waals surface area (Å²) in [6.07, 6.45) is -7.20. The van der Waals surface area contributed by atoms with Gasteiger partial charge in [-0.25, -0.2) is 8.78 Å². The maximum atomic E-state index is 12.2. The highest BCUT2D eigenvalue weighted by Crippen LogP contribution is 2.31. The lowest BCUT2D eigenvalue weighted by Crippen LogP contribution is -2.09. The minimum Gasteiger partial charge on any atom is -0.488 e. The molecule has 92 valence electrons. The zero-order valence-corrected chi connectivity index (χ0v) is 8.89. The fraction of sp³-hybridized carbons (Fsp3) is 0.333. The molecule has 0 atom stereocenters. The molecule has 0 radical (unpaired) electrons. The van der Waals surface area contributed by atoms with Crippen molar-refractivity contribution < 1.29 is 26.7 Å². The Balaban J connectivity index is 0.00000225. The van der Waals surface area contributed by atoms with Crippen LogP contribution in [0.15, 0.2) is 24.3 Å². The van der Waals surface area contributed by atoms with E-state index in [2.05, 4.69) is 4.74 Å². The van der Waals surface area contributed by atoms with Crippen LogP contribution in [0.25, 0.3) is 0 Å². The lowest BCUT2D eigenvalue weighted by Gasteiger charge is -2.09. The molecule has 1 nitrogen and oxygen atoms in total. The number of hydrogen-bond donors (Lipinski definition) is 0. The summed E-state index contributed by atoms with van der Waals surface area (Å²) in [6, 6.07) is 3.82. The Kier molecular flexibility index (Phi) is 5.57. The fourth-order valence-corrected chi connectivity index (χ4v) is 0.921. The van der Waals surface area contributed by atoms with Gasteiger partial charge in [0.15, 0.2) is 0 Å². The molecule has 0 N–H and O–H groups in total. The van der Waals surface area contributed by atoms with E-state index in [4.69, 9.17) is 0 Å². The second-order valence-electron chi connectivity index (χ2n) is 2.73. The van der Waals surface area contributed by atoms with Gasteiger partial charge in [-0.2, -0.15) is 26.7 Å². The van der Waals surface area contributed by atoms with Gasteiger partial charge < -0.3 is 4.74 Å². The summed E-state index contributed by atoms with van der Waals surface area (Å²) in [5.41, 5.74) is -0.922. The molecular weight excluding hydrogens is 251 g/mol. The Morgan fingerprint density at radius 1 is 1.19 bits per heavy atom. The first-order valence-corrected chi connectivity index (χ1v) is 3.98. The molecule has 0 bridgehead atoms. The SMILES string of the molecule is FC(F)COc1cccc(C(F)(F)F)c1.S. The zero-order chi connectivity index (χ0) is 11.5. The normalized spacial score (nSPS) is 11.1. The third-order valence-electron chi connectivity index (χ3n) is 1.54. The van der Waals surface area contributed by atoms with E-state index in [1.165, 1.54) is 6.07 Å². The van der Waals surface area contributed by atoms with E-state index in [0.717, 1.165) is 12.1 Å². The number of halogens is 5. The molecule has 0 amide bonds. The van der Waals surface area contributed by atoms with E-state index >= 15 is 0 Å². The van der Waals surface area contributed by atoms with Crippen molar-refractivity contribution in [2.45, 2.75) is 12.6 Å². The predicted octanol–water partition coefficient (Wildman–Crippen LogP) is 3.46. The highest BCUT2D eigenvalue weighted by Gasteiger charge is 2.30. The summed E-state index contributed by atoms with van der Waals surface area (Å²) in [4.78, 5) is 0. The Labute approximate surface area is 95.7 Å². The molecule has 1 aromatic carbocycles. The minimum atomic E-state index is -4.50. The van der Waals surface area contributed by atoms with Crippen LogP contribution in [0.3, 0.4) is 0 Å². The molecule has 0 aliphatic carbocycles. The van der Waals surface area contributed by atoms with Gasteiger partial charge in [-0.1, -0.05) is 6.07 Å². The van der Waals surface area contributed by atoms with Crippen molar-refractivity contribution in [3.63, 3.8) is 0 Å². The van der Waals surface area contributed by atoms with Crippen molar-refractivity contribution in [3.8, 4) is 5.75 Å². The van der Waals surface area contributed by atoms with Crippen molar-refractivity contribution in [3.05, 3.63) is 29.8 Å². The summed E-state index contributed by atoms with van der Waals surface area (Å²) in [6.45, 7) is -0.915. The highest BCUT2D eigenvalue weighted by molar-refractivity contribution is 7.59. The van der Waals surface area contributed by atoms with Gasteiger partial charge in [-0.3, -0.25) is 0 Å². The van der Waals surface area contributed by atoms with Gasteiger partial charge in [0.1, 0.15) is 12.4 Å². The summed E-state index contributed by atoms with van der Waals surface area (Å²) >= 11 is 0. The molecule has 0 unspecified atom stereocenters. The minimum absolute atomic E-state index is 0. The van der Waals surface area contributed by atoms with E-state index in [1.54, 1.807) is 0 Å². The summed E-state index contributed by atoms with van der Waals surface area (Å²) in [5, 5.41) is 0. The van der Waals surface area contributed by atoms with Gasteiger partial charge in [0.05, 0.1) is 5.56 Å². The van der Waals surface area contributed by atoms with Crippen molar-refractivity contribution >= 4 is 13.5 Å². The molecule has 1 aromatic rings. The van der Waals surface area contributed by atoms with E-state index in [-0.39, 0.29) is 19.2 Å². The number of alkyl halides is 5. The third-order valence-corrected chi connectivity index (χ3v) is 1.54. The monoisotopic (exact) mass is 260 g/mol. The Bertz CT molecular complexity index is 326. The average molecular weight is 260 g/mol. The molecule has 0 saturated carbocycles. The second-order valence-corrected chi connectivity index (χ2v) is 2.73. The van der Waals surface area contributed by atoms with Gasteiger partial charge in [-0.05, 0) is 18.2 Å². The van der Waals surface area contributed by atoms with Crippen LogP contribution in [0.1, 0.15) is 5.56 Å². The molecule has 1 rings (SSSR count). The maximum Gasteiger partial charge on any atom is 0.416 e. The first-order chi connectivity index (χ1) is 6.89. The Hall–Kier alpha value is -0.980. The largest absolute Gasteiger partial charge is 0.488 e. The molecule has 0 aliphatic heterocycles. The summed E-state index contributed by atoms with van der Waals surface area (Å²) in [7, 11) is 0. The lowest BCUT2D eigenvalue weighted by molar-refractivity contribution is -0.137. The molecular formula is C9H9F5OS. The fourth-order valence-electron chi connectivity index (χ4n) is 0.921. The number of rotatable bonds is 3.